The fourth-order valence-corrected chi connectivity index (χ4v) is 3.98. The summed E-state index contributed by atoms with van der Waals surface area (Å²) in [5, 5.41) is 4.61. The summed E-state index contributed by atoms with van der Waals surface area (Å²) in [5.74, 6) is 0.181. The second-order valence-electron chi connectivity index (χ2n) is 7.18. The number of nitrogens with zero attached hydrogens (tertiary/aromatic N) is 3. The monoisotopic (exact) mass is 360 g/mol. The van der Waals surface area contributed by atoms with E-state index < -0.39 is 0 Å². The van der Waals surface area contributed by atoms with E-state index in [0.717, 1.165) is 17.1 Å². The van der Waals surface area contributed by atoms with Gasteiger partial charge >= 0.3 is 0 Å². The zero-order valence-corrected chi connectivity index (χ0v) is 15.7. The number of nitrogens with two attached hydrogens (primary N) is 1. The van der Waals surface area contributed by atoms with Crippen molar-refractivity contribution in [1.82, 2.24) is 14.7 Å². The van der Waals surface area contributed by atoms with Crippen molar-refractivity contribution in [1.29, 1.82) is 0 Å². The summed E-state index contributed by atoms with van der Waals surface area (Å²) >= 11 is 0. The Balaban J connectivity index is 1.62. The molecule has 1 amide bonds. The Kier molecular flexibility index (Phi) is 4.54. The molecule has 0 unspecified atom stereocenters. The molecule has 1 aromatic heterocycles. The molecule has 0 aliphatic carbocycles. The third-order valence-corrected chi connectivity index (χ3v) is 5.39. The van der Waals surface area contributed by atoms with Gasteiger partial charge in [-0.2, -0.15) is 5.10 Å². The minimum Gasteiger partial charge on any atom is -0.336 e. The van der Waals surface area contributed by atoms with Crippen molar-refractivity contribution < 1.29 is 4.79 Å². The molecule has 1 fully saturated rings. The Morgan fingerprint density at radius 2 is 1.63 bits per heavy atom. The van der Waals surface area contributed by atoms with Gasteiger partial charge in [-0.1, -0.05) is 48.5 Å². The minimum absolute atomic E-state index is 0.0149. The van der Waals surface area contributed by atoms with Crippen LogP contribution in [0.3, 0.4) is 0 Å². The van der Waals surface area contributed by atoms with E-state index in [2.05, 4.69) is 17.2 Å². The molecule has 2 atom stereocenters. The number of aromatic nitrogens is 2. The highest BCUT2D eigenvalue weighted by Gasteiger charge is 2.36. The Bertz CT molecular complexity index is 949. The molecule has 2 N–H and O–H groups in total. The number of rotatable bonds is 3. The van der Waals surface area contributed by atoms with Crippen LogP contribution in [0.2, 0.25) is 0 Å². The molecule has 0 spiro atoms. The first kappa shape index (κ1) is 17.5. The smallest absolute Gasteiger partial charge is 0.257 e. The first-order valence-electron chi connectivity index (χ1n) is 9.27. The second kappa shape index (κ2) is 7.00. The van der Waals surface area contributed by atoms with E-state index in [-0.39, 0.29) is 17.9 Å². The molecule has 2 aromatic carbocycles. The van der Waals surface area contributed by atoms with Gasteiger partial charge < -0.3 is 10.6 Å². The Hall–Kier alpha value is -2.92. The van der Waals surface area contributed by atoms with Crippen LogP contribution in [-0.2, 0) is 0 Å². The molecule has 5 heteroatoms. The number of hydrogen-bond donors (Lipinski definition) is 1. The van der Waals surface area contributed by atoms with Gasteiger partial charge in [0.2, 0.25) is 0 Å². The van der Waals surface area contributed by atoms with Crippen molar-refractivity contribution in [2.24, 2.45) is 5.73 Å². The maximum absolute atomic E-state index is 13.3. The van der Waals surface area contributed by atoms with Gasteiger partial charge in [0.25, 0.3) is 5.91 Å². The molecule has 1 saturated heterocycles. The van der Waals surface area contributed by atoms with E-state index in [1.807, 2.05) is 72.0 Å². The summed E-state index contributed by atoms with van der Waals surface area (Å²) in [5.41, 5.74) is 10.8. The van der Waals surface area contributed by atoms with Crippen LogP contribution in [0.25, 0.3) is 5.69 Å². The molecule has 0 bridgehead atoms. The van der Waals surface area contributed by atoms with Crippen molar-refractivity contribution >= 4 is 5.91 Å². The molecule has 3 aromatic rings. The minimum atomic E-state index is -0.0545. The molecular weight excluding hydrogens is 336 g/mol. The third-order valence-electron chi connectivity index (χ3n) is 5.39. The number of benzene rings is 2. The van der Waals surface area contributed by atoms with Crippen molar-refractivity contribution in [3.05, 3.63) is 83.2 Å². The van der Waals surface area contributed by atoms with Crippen LogP contribution in [0.5, 0.6) is 0 Å². The fraction of sp³-hybridized carbons (Fsp3) is 0.273. The highest BCUT2D eigenvalue weighted by molar-refractivity contribution is 5.97. The number of hydrogen-bond acceptors (Lipinski definition) is 3. The molecular formula is C22H24N4O. The standard InChI is InChI=1S/C22H24N4O/c1-15-21(16(2)26(24-15)18-11-7-4-8-12-18)22(27)25-13-19(20(23)14-25)17-9-5-3-6-10-17/h3-12,19-20H,13-14,23H2,1-2H3/t19-,20+/m0/s1. The molecule has 1 aliphatic rings. The topological polar surface area (TPSA) is 64.2 Å². The number of aryl methyl sites for hydroxylation is 1. The number of likely N-dealkylation sites (tertiary alicyclic amines) is 1. The van der Waals surface area contributed by atoms with Crippen LogP contribution >= 0.6 is 0 Å². The maximum atomic E-state index is 13.3. The normalized spacial score (nSPS) is 19.4. The van der Waals surface area contributed by atoms with E-state index in [0.29, 0.717) is 18.7 Å². The molecule has 5 nitrogen and oxygen atoms in total. The quantitative estimate of drug-likeness (QED) is 0.781. The van der Waals surface area contributed by atoms with Crippen LogP contribution in [0, 0.1) is 13.8 Å². The van der Waals surface area contributed by atoms with Crippen LogP contribution in [0.4, 0.5) is 0 Å². The first-order valence-corrected chi connectivity index (χ1v) is 9.27. The van der Waals surface area contributed by atoms with Crippen molar-refractivity contribution in [3.8, 4) is 5.69 Å². The van der Waals surface area contributed by atoms with Crippen LogP contribution in [0.15, 0.2) is 60.7 Å². The third kappa shape index (κ3) is 3.15. The predicted octanol–water partition coefficient (Wildman–Crippen LogP) is 3.06. The lowest BCUT2D eigenvalue weighted by Crippen LogP contribution is -2.32. The molecule has 0 saturated carbocycles. The Morgan fingerprint density at radius 1 is 1.00 bits per heavy atom. The molecule has 27 heavy (non-hydrogen) atoms. The maximum Gasteiger partial charge on any atom is 0.257 e. The fourth-order valence-electron chi connectivity index (χ4n) is 3.98. The van der Waals surface area contributed by atoms with Crippen molar-refractivity contribution in [2.75, 3.05) is 13.1 Å². The number of carbonyl (C=O) groups is 1. The lowest BCUT2D eigenvalue weighted by molar-refractivity contribution is 0.0787. The Morgan fingerprint density at radius 3 is 2.30 bits per heavy atom. The van der Waals surface area contributed by atoms with E-state index in [1.165, 1.54) is 5.56 Å². The van der Waals surface area contributed by atoms with E-state index in [1.54, 1.807) is 0 Å². The Labute approximate surface area is 159 Å². The highest BCUT2D eigenvalue weighted by atomic mass is 16.2. The van der Waals surface area contributed by atoms with Crippen LogP contribution in [0.1, 0.15) is 33.2 Å². The van der Waals surface area contributed by atoms with Gasteiger partial charge in [0.15, 0.2) is 0 Å². The van der Waals surface area contributed by atoms with Crippen molar-refractivity contribution in [3.63, 3.8) is 0 Å². The summed E-state index contributed by atoms with van der Waals surface area (Å²) in [6, 6.07) is 20.0. The molecule has 0 radical (unpaired) electrons. The zero-order valence-electron chi connectivity index (χ0n) is 15.7. The average Bonchev–Trinajstić information content (AvgIpc) is 3.22. The first-order chi connectivity index (χ1) is 13.1. The van der Waals surface area contributed by atoms with Crippen LogP contribution in [-0.4, -0.2) is 39.7 Å². The number of para-hydroxylation sites is 1. The molecule has 2 heterocycles. The molecule has 138 valence electrons. The average molecular weight is 360 g/mol. The van der Waals surface area contributed by atoms with Gasteiger partial charge in [0.1, 0.15) is 0 Å². The van der Waals surface area contributed by atoms with E-state index in [9.17, 15) is 4.79 Å². The van der Waals surface area contributed by atoms with Gasteiger partial charge in [0, 0.05) is 25.0 Å². The van der Waals surface area contributed by atoms with Crippen LogP contribution < -0.4 is 5.73 Å². The largest absolute Gasteiger partial charge is 0.336 e. The summed E-state index contributed by atoms with van der Waals surface area (Å²) in [6.07, 6.45) is 0. The van der Waals surface area contributed by atoms with E-state index in [4.69, 9.17) is 5.73 Å². The predicted molar refractivity (Wildman–Crippen MR) is 106 cm³/mol. The van der Waals surface area contributed by atoms with Crippen molar-refractivity contribution in [2.45, 2.75) is 25.8 Å². The zero-order chi connectivity index (χ0) is 19.0. The summed E-state index contributed by atoms with van der Waals surface area (Å²) in [4.78, 5) is 15.1. The highest BCUT2D eigenvalue weighted by Crippen LogP contribution is 2.29. The SMILES string of the molecule is Cc1nn(-c2ccccc2)c(C)c1C(=O)N1C[C@@H](N)[C@H](c2ccccc2)C1. The summed E-state index contributed by atoms with van der Waals surface area (Å²) < 4.78 is 1.84. The van der Waals surface area contributed by atoms with Gasteiger partial charge in [-0.15, -0.1) is 0 Å². The lowest BCUT2D eigenvalue weighted by Gasteiger charge is -2.17. The van der Waals surface area contributed by atoms with Gasteiger partial charge in [-0.25, -0.2) is 4.68 Å². The van der Waals surface area contributed by atoms with Gasteiger partial charge in [-0.05, 0) is 31.5 Å². The number of carbonyl (C=O) groups excluding carboxylic acids is 1. The van der Waals surface area contributed by atoms with Gasteiger partial charge in [-0.3, -0.25) is 4.79 Å². The lowest BCUT2D eigenvalue weighted by atomic mass is 9.95. The summed E-state index contributed by atoms with van der Waals surface area (Å²) in [7, 11) is 0. The molecule has 4 rings (SSSR count). The van der Waals surface area contributed by atoms with Gasteiger partial charge in [0.05, 0.1) is 22.6 Å². The number of amides is 1. The molecule has 1 aliphatic heterocycles. The summed E-state index contributed by atoms with van der Waals surface area (Å²) in [6.45, 7) is 5.04. The second-order valence-corrected chi connectivity index (χ2v) is 7.18. The van der Waals surface area contributed by atoms with E-state index >= 15 is 0 Å².